The van der Waals surface area contributed by atoms with Gasteiger partial charge in [-0.3, -0.25) is 9.48 Å². The predicted molar refractivity (Wildman–Crippen MR) is 131 cm³/mol. The molecule has 1 amide bonds. The van der Waals surface area contributed by atoms with Crippen LogP contribution in [-0.2, 0) is 6.54 Å². The van der Waals surface area contributed by atoms with E-state index in [0.29, 0.717) is 44.6 Å². The lowest BCUT2D eigenvalue weighted by atomic mass is 10.0. The molecule has 0 unspecified atom stereocenters. The molecule has 37 heavy (non-hydrogen) atoms. The summed E-state index contributed by atoms with van der Waals surface area (Å²) in [5.74, 6) is -1.23. The van der Waals surface area contributed by atoms with Crippen LogP contribution in [0.25, 0.3) is 39.0 Å². The van der Waals surface area contributed by atoms with E-state index in [9.17, 15) is 9.59 Å². The normalized spacial score (nSPS) is 11.2. The van der Waals surface area contributed by atoms with E-state index in [4.69, 9.17) is 11.0 Å². The molecule has 0 aliphatic heterocycles. The number of carbonyl (C=O) groups is 1. The number of fused-ring (bicyclic) bond motifs is 2. The van der Waals surface area contributed by atoms with Crippen molar-refractivity contribution in [2.24, 2.45) is 5.73 Å². The number of hydrogen-bond acceptors (Lipinski definition) is 6. The van der Waals surface area contributed by atoms with Crippen LogP contribution in [0, 0.1) is 17.1 Å². The standard InChI is InChI=1S/C25H16FN9O2/c26-18-8-15(21-5-6-29-34(21)12-14-2-1-13(11-27)7-17(14)24(28)36)9-22-23(18)32-33-35(22)16-3-4-19-20(10-16)31-25(37)30-19/h1-10H,12H2,(H2,28,36)(H2,30,31,37). The first-order valence-corrected chi connectivity index (χ1v) is 11.0. The molecule has 0 bridgehead atoms. The molecule has 0 atom stereocenters. The van der Waals surface area contributed by atoms with Crippen LogP contribution in [0.4, 0.5) is 4.39 Å². The molecule has 12 heteroatoms. The van der Waals surface area contributed by atoms with Crippen molar-refractivity contribution in [2.45, 2.75) is 6.54 Å². The molecule has 3 heterocycles. The van der Waals surface area contributed by atoms with Gasteiger partial charge in [-0.25, -0.2) is 13.9 Å². The molecule has 3 aromatic heterocycles. The number of nitrogens with two attached hydrogens (primary N) is 1. The summed E-state index contributed by atoms with van der Waals surface area (Å²) in [6.07, 6.45) is 1.57. The number of imidazole rings is 1. The number of rotatable bonds is 5. The minimum absolute atomic E-state index is 0.0839. The number of nitrogens with zero attached hydrogens (tertiary/aromatic N) is 6. The van der Waals surface area contributed by atoms with Crippen LogP contribution >= 0.6 is 0 Å². The van der Waals surface area contributed by atoms with Crippen LogP contribution in [0.2, 0.25) is 0 Å². The third-order valence-corrected chi connectivity index (χ3v) is 6.09. The molecule has 180 valence electrons. The molecule has 4 N–H and O–H groups in total. The van der Waals surface area contributed by atoms with E-state index in [0.717, 1.165) is 0 Å². The van der Waals surface area contributed by atoms with Crippen LogP contribution in [0.5, 0.6) is 0 Å². The van der Waals surface area contributed by atoms with Gasteiger partial charge in [0.1, 0.15) is 5.52 Å². The molecule has 0 saturated heterocycles. The minimum atomic E-state index is -0.663. The monoisotopic (exact) mass is 493 g/mol. The van der Waals surface area contributed by atoms with Crippen LogP contribution < -0.4 is 11.4 Å². The number of halogens is 1. The summed E-state index contributed by atoms with van der Waals surface area (Å²) in [5.41, 5.74) is 9.67. The SMILES string of the molecule is N#Cc1ccc(Cn2nccc2-c2cc(F)c3nnn(-c4ccc5[nH]c(=O)[nH]c5c4)c3c2)c(C(N)=O)c1. The Morgan fingerprint density at radius 2 is 1.92 bits per heavy atom. The summed E-state index contributed by atoms with van der Waals surface area (Å²) < 4.78 is 18.2. The lowest BCUT2D eigenvalue weighted by molar-refractivity contribution is 0.0999. The Kier molecular flexibility index (Phi) is 4.91. The number of primary amides is 1. The molecule has 0 fully saturated rings. The molecule has 0 aliphatic rings. The third kappa shape index (κ3) is 3.71. The molecule has 0 saturated carbocycles. The van der Waals surface area contributed by atoms with Crippen LogP contribution in [0.3, 0.4) is 0 Å². The molecular weight excluding hydrogens is 477 g/mol. The second-order valence-electron chi connectivity index (χ2n) is 8.36. The second kappa shape index (κ2) is 8.28. The average Bonchev–Trinajstić information content (AvgIpc) is 3.61. The van der Waals surface area contributed by atoms with Gasteiger partial charge in [0, 0.05) is 17.3 Å². The van der Waals surface area contributed by atoms with Gasteiger partial charge < -0.3 is 15.7 Å². The number of nitrogens with one attached hydrogen (secondary N) is 2. The first-order valence-electron chi connectivity index (χ1n) is 11.0. The van der Waals surface area contributed by atoms with Crippen molar-refractivity contribution in [3.8, 4) is 23.0 Å². The Hall–Kier alpha value is -5.57. The largest absolute Gasteiger partial charge is 0.366 e. The summed E-state index contributed by atoms with van der Waals surface area (Å²) in [5, 5.41) is 21.6. The van der Waals surface area contributed by atoms with Crippen molar-refractivity contribution >= 4 is 28.0 Å². The van der Waals surface area contributed by atoms with Gasteiger partial charge in [0.2, 0.25) is 5.91 Å². The summed E-state index contributed by atoms with van der Waals surface area (Å²) in [6, 6.07) is 16.6. The molecule has 11 nitrogen and oxygen atoms in total. The van der Waals surface area contributed by atoms with Gasteiger partial charge in [-0.1, -0.05) is 11.3 Å². The highest BCUT2D eigenvalue weighted by Gasteiger charge is 2.17. The number of carbonyl (C=O) groups excluding carboxylic acids is 1. The van der Waals surface area contributed by atoms with E-state index in [1.165, 1.54) is 16.8 Å². The first kappa shape index (κ1) is 21.9. The smallest absolute Gasteiger partial charge is 0.323 e. The summed E-state index contributed by atoms with van der Waals surface area (Å²) in [7, 11) is 0. The topological polar surface area (TPSA) is 164 Å². The van der Waals surface area contributed by atoms with E-state index in [-0.39, 0.29) is 23.3 Å². The fourth-order valence-electron chi connectivity index (χ4n) is 4.35. The quantitative estimate of drug-likeness (QED) is 0.334. The van der Waals surface area contributed by atoms with E-state index < -0.39 is 11.7 Å². The zero-order chi connectivity index (χ0) is 25.7. The Morgan fingerprint density at radius 1 is 1.08 bits per heavy atom. The number of benzene rings is 3. The minimum Gasteiger partial charge on any atom is -0.366 e. The highest BCUT2D eigenvalue weighted by atomic mass is 19.1. The predicted octanol–water partition coefficient (Wildman–Crippen LogP) is 2.61. The van der Waals surface area contributed by atoms with Gasteiger partial charge in [-0.05, 0) is 54.1 Å². The van der Waals surface area contributed by atoms with Crippen LogP contribution in [-0.4, -0.2) is 40.6 Å². The van der Waals surface area contributed by atoms with Crippen molar-refractivity contribution < 1.29 is 9.18 Å². The number of aromatic nitrogens is 7. The van der Waals surface area contributed by atoms with Crippen molar-refractivity contribution in [3.05, 3.63) is 93.8 Å². The Bertz CT molecular complexity index is 1950. The zero-order valence-corrected chi connectivity index (χ0v) is 18.9. The maximum Gasteiger partial charge on any atom is 0.323 e. The van der Waals surface area contributed by atoms with Gasteiger partial charge in [0.25, 0.3) is 0 Å². The zero-order valence-electron chi connectivity index (χ0n) is 18.9. The van der Waals surface area contributed by atoms with Crippen LogP contribution in [0.1, 0.15) is 21.5 Å². The number of amides is 1. The van der Waals surface area contributed by atoms with E-state index in [1.807, 2.05) is 6.07 Å². The highest BCUT2D eigenvalue weighted by Crippen LogP contribution is 2.28. The maximum absolute atomic E-state index is 15.1. The average molecular weight is 493 g/mol. The van der Waals surface area contributed by atoms with Crippen LogP contribution in [0.15, 0.2) is 65.6 Å². The molecule has 0 aliphatic carbocycles. The van der Waals surface area contributed by atoms with E-state index in [2.05, 4.69) is 25.4 Å². The third-order valence-electron chi connectivity index (χ3n) is 6.09. The second-order valence-corrected chi connectivity index (χ2v) is 8.36. The van der Waals surface area contributed by atoms with E-state index >= 15 is 4.39 Å². The van der Waals surface area contributed by atoms with Gasteiger partial charge in [0.05, 0.1) is 46.1 Å². The number of aromatic amines is 2. The molecule has 0 radical (unpaired) electrons. The number of nitriles is 1. The fourth-order valence-corrected chi connectivity index (χ4v) is 4.35. The molecular formula is C25H16FN9O2. The fraction of sp³-hybridized carbons (Fsp3) is 0.0400. The molecule has 3 aromatic carbocycles. The molecule has 6 aromatic rings. The molecule has 6 rings (SSSR count). The number of hydrogen-bond donors (Lipinski definition) is 3. The van der Waals surface area contributed by atoms with Gasteiger partial charge in [0.15, 0.2) is 5.82 Å². The Balaban J connectivity index is 1.44. The highest BCUT2D eigenvalue weighted by molar-refractivity contribution is 5.94. The number of H-pyrrole nitrogens is 2. The van der Waals surface area contributed by atoms with Crippen molar-refractivity contribution in [2.75, 3.05) is 0 Å². The lowest BCUT2D eigenvalue weighted by Gasteiger charge is -2.11. The summed E-state index contributed by atoms with van der Waals surface area (Å²) in [6.45, 7) is 0.168. The van der Waals surface area contributed by atoms with E-state index in [1.54, 1.807) is 53.3 Å². The molecule has 0 spiro atoms. The van der Waals surface area contributed by atoms with Gasteiger partial charge >= 0.3 is 5.69 Å². The maximum atomic E-state index is 15.1. The lowest BCUT2D eigenvalue weighted by Crippen LogP contribution is -2.16. The Morgan fingerprint density at radius 3 is 2.73 bits per heavy atom. The van der Waals surface area contributed by atoms with Crippen molar-refractivity contribution in [1.82, 2.24) is 34.7 Å². The summed E-state index contributed by atoms with van der Waals surface area (Å²) >= 11 is 0. The first-order chi connectivity index (χ1) is 17.9. The summed E-state index contributed by atoms with van der Waals surface area (Å²) in [4.78, 5) is 29.0. The Labute approximate surface area is 206 Å². The van der Waals surface area contributed by atoms with Gasteiger partial charge in [-0.2, -0.15) is 10.4 Å². The van der Waals surface area contributed by atoms with Crippen molar-refractivity contribution in [1.29, 1.82) is 5.26 Å². The van der Waals surface area contributed by atoms with Gasteiger partial charge in [-0.15, -0.1) is 5.10 Å². The van der Waals surface area contributed by atoms with Crippen molar-refractivity contribution in [3.63, 3.8) is 0 Å².